The average Bonchev–Trinajstić information content (AvgIpc) is 2.77. The van der Waals surface area contributed by atoms with Crippen LogP contribution in [0.2, 0.25) is 0 Å². The van der Waals surface area contributed by atoms with Gasteiger partial charge in [0, 0.05) is 31.1 Å². The predicted octanol–water partition coefficient (Wildman–Crippen LogP) is 3.95. The average molecular weight is 413 g/mol. The summed E-state index contributed by atoms with van der Waals surface area (Å²) in [6, 6.07) is 14.3. The van der Waals surface area contributed by atoms with E-state index in [-0.39, 0.29) is 25.7 Å². The van der Waals surface area contributed by atoms with Crippen LogP contribution in [0.5, 0.6) is 5.75 Å². The summed E-state index contributed by atoms with van der Waals surface area (Å²) >= 11 is 0. The van der Waals surface area contributed by atoms with Crippen molar-refractivity contribution in [2.75, 3.05) is 26.4 Å². The standard InChI is InChI=1S/C25H32O5/c1-4-20-7-5-6-8-23(20)21-9-10-24(29-13-11-19(16-26)17-27)22(15-21)12-14-30-25(28)18(2)3/h5-10,15,19,26-27H,2,4,11-14,16-17H2,1,3H3. The maximum atomic E-state index is 11.7. The van der Waals surface area contributed by atoms with E-state index >= 15 is 0 Å². The third-order valence-electron chi connectivity index (χ3n) is 5.02. The fourth-order valence-corrected chi connectivity index (χ4v) is 3.15. The minimum Gasteiger partial charge on any atom is -0.493 e. The van der Waals surface area contributed by atoms with Crippen LogP contribution in [0.25, 0.3) is 11.1 Å². The molecule has 0 saturated carbocycles. The number of benzene rings is 2. The zero-order valence-electron chi connectivity index (χ0n) is 17.9. The zero-order chi connectivity index (χ0) is 21.9. The fraction of sp³-hybridized carbons (Fsp3) is 0.400. The molecule has 0 heterocycles. The zero-order valence-corrected chi connectivity index (χ0v) is 17.9. The third kappa shape index (κ3) is 6.71. The summed E-state index contributed by atoms with van der Waals surface area (Å²) in [5.41, 5.74) is 4.84. The molecule has 0 aliphatic heterocycles. The molecule has 2 N–H and O–H groups in total. The van der Waals surface area contributed by atoms with E-state index in [4.69, 9.17) is 9.47 Å². The molecule has 5 heteroatoms. The van der Waals surface area contributed by atoms with Gasteiger partial charge in [-0.25, -0.2) is 4.79 Å². The van der Waals surface area contributed by atoms with Crippen LogP contribution < -0.4 is 4.74 Å². The summed E-state index contributed by atoms with van der Waals surface area (Å²) in [6.07, 6.45) is 2.00. The number of aliphatic hydroxyl groups is 2. The monoisotopic (exact) mass is 412 g/mol. The first-order valence-electron chi connectivity index (χ1n) is 10.4. The van der Waals surface area contributed by atoms with Gasteiger partial charge in [-0.15, -0.1) is 0 Å². The second kappa shape index (κ2) is 12.2. The maximum Gasteiger partial charge on any atom is 0.333 e. The lowest BCUT2D eigenvalue weighted by Crippen LogP contribution is -2.15. The van der Waals surface area contributed by atoms with E-state index in [0.717, 1.165) is 17.5 Å². The lowest BCUT2D eigenvalue weighted by Gasteiger charge is -2.16. The second-order valence-corrected chi connectivity index (χ2v) is 7.37. The minimum absolute atomic E-state index is 0.0731. The highest BCUT2D eigenvalue weighted by molar-refractivity contribution is 5.86. The molecule has 0 fully saturated rings. The van der Waals surface area contributed by atoms with Crippen molar-refractivity contribution in [3.63, 3.8) is 0 Å². The van der Waals surface area contributed by atoms with Crippen molar-refractivity contribution >= 4 is 5.97 Å². The number of aliphatic hydroxyl groups excluding tert-OH is 2. The van der Waals surface area contributed by atoms with E-state index in [9.17, 15) is 15.0 Å². The van der Waals surface area contributed by atoms with Crippen molar-refractivity contribution in [3.8, 4) is 16.9 Å². The lowest BCUT2D eigenvalue weighted by molar-refractivity contribution is -0.138. The van der Waals surface area contributed by atoms with Gasteiger partial charge in [0.25, 0.3) is 0 Å². The predicted molar refractivity (Wildman–Crippen MR) is 119 cm³/mol. The van der Waals surface area contributed by atoms with Gasteiger partial charge < -0.3 is 19.7 Å². The molecule has 2 aromatic carbocycles. The Kier molecular flexibility index (Phi) is 9.58. The van der Waals surface area contributed by atoms with E-state index in [1.54, 1.807) is 6.92 Å². The minimum atomic E-state index is -0.404. The molecule has 2 rings (SSSR count). The summed E-state index contributed by atoms with van der Waals surface area (Å²) in [5, 5.41) is 18.5. The molecule has 0 bridgehead atoms. The summed E-state index contributed by atoms with van der Waals surface area (Å²) in [5.74, 6) is 0.119. The first-order valence-corrected chi connectivity index (χ1v) is 10.4. The summed E-state index contributed by atoms with van der Waals surface area (Å²) in [4.78, 5) is 11.7. The first kappa shape index (κ1) is 23.6. The van der Waals surface area contributed by atoms with E-state index < -0.39 is 5.97 Å². The Hall–Kier alpha value is -2.63. The summed E-state index contributed by atoms with van der Waals surface area (Å²) < 4.78 is 11.2. The molecule has 0 aliphatic rings. The van der Waals surface area contributed by atoms with Crippen LogP contribution in [0.15, 0.2) is 54.6 Å². The quantitative estimate of drug-likeness (QED) is 0.408. The molecule has 0 spiro atoms. The molecular weight excluding hydrogens is 380 g/mol. The smallest absolute Gasteiger partial charge is 0.333 e. The van der Waals surface area contributed by atoms with Crippen LogP contribution in [0.3, 0.4) is 0 Å². The van der Waals surface area contributed by atoms with Gasteiger partial charge in [-0.1, -0.05) is 43.8 Å². The SMILES string of the molecule is C=C(C)C(=O)OCCc1cc(-c2ccccc2CC)ccc1OCCC(CO)CO. The first-order chi connectivity index (χ1) is 14.5. The molecule has 0 radical (unpaired) electrons. The van der Waals surface area contributed by atoms with Crippen LogP contribution in [0.1, 0.15) is 31.4 Å². The highest BCUT2D eigenvalue weighted by atomic mass is 16.5. The molecule has 0 aromatic heterocycles. The van der Waals surface area contributed by atoms with Crippen molar-refractivity contribution in [2.45, 2.75) is 33.1 Å². The lowest BCUT2D eigenvalue weighted by atomic mass is 9.96. The molecule has 30 heavy (non-hydrogen) atoms. The highest BCUT2D eigenvalue weighted by Crippen LogP contribution is 2.30. The number of hydrogen-bond acceptors (Lipinski definition) is 5. The number of aryl methyl sites for hydroxylation is 1. The number of ether oxygens (including phenoxy) is 2. The number of rotatable bonds is 12. The van der Waals surface area contributed by atoms with Crippen LogP contribution >= 0.6 is 0 Å². The molecule has 0 atom stereocenters. The molecular formula is C25H32O5. The summed E-state index contributed by atoms with van der Waals surface area (Å²) in [7, 11) is 0. The van der Waals surface area contributed by atoms with Gasteiger partial charge in [0.1, 0.15) is 5.75 Å². The molecule has 5 nitrogen and oxygen atoms in total. The van der Waals surface area contributed by atoms with Crippen molar-refractivity contribution in [2.24, 2.45) is 5.92 Å². The van der Waals surface area contributed by atoms with Crippen molar-refractivity contribution in [1.82, 2.24) is 0 Å². The van der Waals surface area contributed by atoms with Gasteiger partial charge >= 0.3 is 5.97 Å². The van der Waals surface area contributed by atoms with Crippen molar-refractivity contribution in [3.05, 3.63) is 65.7 Å². The van der Waals surface area contributed by atoms with Crippen molar-refractivity contribution < 1.29 is 24.5 Å². The Bertz CT molecular complexity index is 839. The highest BCUT2D eigenvalue weighted by Gasteiger charge is 2.12. The van der Waals surface area contributed by atoms with Crippen LogP contribution in [-0.2, 0) is 22.4 Å². The van der Waals surface area contributed by atoms with E-state index in [1.807, 2.05) is 24.3 Å². The summed E-state index contributed by atoms with van der Waals surface area (Å²) in [6.45, 7) is 7.83. The molecule has 2 aromatic rings. The van der Waals surface area contributed by atoms with Gasteiger partial charge in [-0.3, -0.25) is 0 Å². The number of carbonyl (C=O) groups is 1. The Morgan fingerprint density at radius 2 is 1.80 bits per heavy atom. The number of esters is 1. The van der Waals surface area contributed by atoms with Crippen LogP contribution in [-0.4, -0.2) is 42.6 Å². The topological polar surface area (TPSA) is 76.0 Å². The normalized spacial score (nSPS) is 10.8. The largest absolute Gasteiger partial charge is 0.493 e. The second-order valence-electron chi connectivity index (χ2n) is 7.37. The maximum absolute atomic E-state index is 11.7. The molecule has 0 saturated heterocycles. The van der Waals surface area contributed by atoms with Gasteiger partial charge in [0.15, 0.2) is 0 Å². The Morgan fingerprint density at radius 1 is 1.07 bits per heavy atom. The van der Waals surface area contributed by atoms with E-state index in [2.05, 4.69) is 31.7 Å². The number of carbonyl (C=O) groups excluding carboxylic acids is 1. The van der Waals surface area contributed by atoms with Gasteiger partial charge in [-0.05, 0) is 54.2 Å². The van der Waals surface area contributed by atoms with Gasteiger partial charge in [0.05, 0.1) is 13.2 Å². The van der Waals surface area contributed by atoms with Crippen LogP contribution in [0.4, 0.5) is 0 Å². The van der Waals surface area contributed by atoms with Gasteiger partial charge in [-0.2, -0.15) is 0 Å². The van der Waals surface area contributed by atoms with E-state index in [1.165, 1.54) is 11.1 Å². The number of hydrogen-bond donors (Lipinski definition) is 2. The molecule has 0 amide bonds. The van der Waals surface area contributed by atoms with Crippen LogP contribution in [0, 0.1) is 5.92 Å². The van der Waals surface area contributed by atoms with E-state index in [0.29, 0.717) is 30.8 Å². The van der Waals surface area contributed by atoms with Crippen molar-refractivity contribution in [1.29, 1.82) is 0 Å². The van der Waals surface area contributed by atoms with Gasteiger partial charge in [0.2, 0.25) is 0 Å². The molecule has 0 aliphatic carbocycles. The molecule has 162 valence electrons. The Labute approximate surface area is 179 Å². The Balaban J connectivity index is 2.22. The Morgan fingerprint density at radius 3 is 2.47 bits per heavy atom. The fourth-order valence-electron chi connectivity index (χ4n) is 3.15. The molecule has 0 unspecified atom stereocenters. The third-order valence-corrected chi connectivity index (χ3v) is 5.02.